The van der Waals surface area contributed by atoms with Crippen LogP contribution in [0.25, 0.3) is 33.0 Å². The predicted octanol–water partition coefficient (Wildman–Crippen LogP) is 12.3. The van der Waals surface area contributed by atoms with Gasteiger partial charge in [0.25, 0.3) is 0 Å². The van der Waals surface area contributed by atoms with E-state index in [2.05, 4.69) is 205 Å². The summed E-state index contributed by atoms with van der Waals surface area (Å²) in [4.78, 5) is 2.37. The van der Waals surface area contributed by atoms with Crippen molar-refractivity contribution >= 4 is 27.8 Å². The largest absolute Gasteiger partial charge is 0.310 e. The van der Waals surface area contributed by atoms with Gasteiger partial charge in [-0.25, -0.2) is 0 Å². The quantitative estimate of drug-likeness (QED) is 0.181. The third kappa shape index (κ3) is 4.25. The molecule has 0 N–H and O–H groups in total. The van der Waals surface area contributed by atoms with E-state index < -0.39 is 5.41 Å². The second-order valence-electron chi connectivity index (χ2n) is 12.4. The van der Waals surface area contributed by atoms with Crippen molar-refractivity contribution in [2.24, 2.45) is 0 Å². The molecule has 8 aromatic carbocycles. The fourth-order valence-electron chi connectivity index (χ4n) is 8.02. The molecule has 0 aliphatic heterocycles. The van der Waals surface area contributed by atoms with Gasteiger partial charge in [-0.2, -0.15) is 0 Å². The van der Waals surface area contributed by atoms with Gasteiger partial charge in [0.05, 0.1) is 11.1 Å². The molecule has 0 amide bonds. The van der Waals surface area contributed by atoms with Gasteiger partial charge in [-0.15, -0.1) is 0 Å². The lowest BCUT2D eigenvalue weighted by Gasteiger charge is -2.35. The van der Waals surface area contributed by atoms with E-state index in [9.17, 15) is 0 Å². The van der Waals surface area contributed by atoms with E-state index in [1.165, 1.54) is 55.3 Å². The molecule has 1 aliphatic rings. The minimum absolute atomic E-state index is 0.466. The van der Waals surface area contributed by atoms with Crippen LogP contribution in [0, 0.1) is 0 Å². The maximum Gasteiger partial charge on any atom is 0.0719 e. The van der Waals surface area contributed by atoms with Crippen LogP contribution in [0.15, 0.2) is 200 Å². The first kappa shape index (κ1) is 28.1. The van der Waals surface area contributed by atoms with Gasteiger partial charge in [0.2, 0.25) is 0 Å². The number of benzene rings is 8. The van der Waals surface area contributed by atoms with Crippen molar-refractivity contribution < 1.29 is 0 Å². The third-order valence-electron chi connectivity index (χ3n) is 9.95. The third-order valence-corrected chi connectivity index (χ3v) is 9.95. The van der Waals surface area contributed by atoms with Crippen LogP contribution in [-0.4, -0.2) is 0 Å². The average molecular weight is 612 g/mol. The molecule has 0 bridgehead atoms. The Morgan fingerprint density at radius 2 is 0.750 bits per heavy atom. The molecule has 0 atom stereocenters. The Morgan fingerprint density at radius 3 is 1.35 bits per heavy atom. The van der Waals surface area contributed by atoms with E-state index in [4.69, 9.17) is 0 Å². The number of para-hydroxylation sites is 3. The molecule has 0 heterocycles. The van der Waals surface area contributed by atoms with Gasteiger partial charge in [-0.3, -0.25) is 0 Å². The molecule has 0 radical (unpaired) electrons. The van der Waals surface area contributed by atoms with Gasteiger partial charge >= 0.3 is 0 Å². The maximum absolute atomic E-state index is 2.40. The summed E-state index contributed by atoms with van der Waals surface area (Å²) in [5, 5.41) is 2.49. The first-order valence-corrected chi connectivity index (χ1v) is 16.6. The molecule has 226 valence electrons. The van der Waals surface area contributed by atoms with Crippen LogP contribution in [0.2, 0.25) is 0 Å². The van der Waals surface area contributed by atoms with E-state index in [-0.39, 0.29) is 0 Å². The molecule has 0 spiro atoms. The molecule has 48 heavy (non-hydrogen) atoms. The van der Waals surface area contributed by atoms with Crippen LogP contribution in [0.4, 0.5) is 17.1 Å². The van der Waals surface area contributed by atoms with Crippen LogP contribution in [0.1, 0.15) is 22.3 Å². The zero-order valence-electron chi connectivity index (χ0n) is 26.5. The first-order chi connectivity index (χ1) is 23.9. The Morgan fingerprint density at radius 1 is 0.292 bits per heavy atom. The predicted molar refractivity (Wildman–Crippen MR) is 201 cm³/mol. The molecular weight excluding hydrogens is 579 g/mol. The van der Waals surface area contributed by atoms with Crippen LogP contribution < -0.4 is 4.90 Å². The highest BCUT2D eigenvalue weighted by atomic mass is 15.1. The molecule has 9 rings (SSSR count). The minimum Gasteiger partial charge on any atom is -0.310 e. The Kier molecular flexibility index (Phi) is 6.76. The summed E-state index contributed by atoms with van der Waals surface area (Å²) < 4.78 is 0. The van der Waals surface area contributed by atoms with Crippen molar-refractivity contribution in [1.29, 1.82) is 0 Å². The van der Waals surface area contributed by atoms with E-state index >= 15 is 0 Å². The SMILES string of the molecule is c1ccc(N(c2ccccc2)c2ccccc2-c2ccc(C3(c4ccccc4)c4ccccc4-c4ccccc43)c3ccccc23)cc1. The number of fused-ring (bicyclic) bond motifs is 4. The maximum atomic E-state index is 2.40. The van der Waals surface area contributed by atoms with E-state index in [1.807, 2.05) is 0 Å². The number of anilines is 3. The fourth-order valence-corrected chi connectivity index (χ4v) is 8.02. The van der Waals surface area contributed by atoms with Gasteiger partial charge in [0, 0.05) is 16.9 Å². The van der Waals surface area contributed by atoms with Crippen molar-refractivity contribution in [3.8, 4) is 22.3 Å². The lowest BCUT2D eigenvalue weighted by molar-refractivity contribution is 0.776. The van der Waals surface area contributed by atoms with Crippen molar-refractivity contribution in [3.63, 3.8) is 0 Å². The number of hydrogen-bond donors (Lipinski definition) is 0. The molecule has 0 fully saturated rings. The topological polar surface area (TPSA) is 3.24 Å². The Bertz CT molecular complexity index is 2310. The van der Waals surface area contributed by atoms with Crippen LogP contribution >= 0.6 is 0 Å². The summed E-state index contributed by atoms with van der Waals surface area (Å²) >= 11 is 0. The van der Waals surface area contributed by atoms with Gasteiger partial charge in [-0.05, 0) is 80.0 Å². The molecule has 1 nitrogen and oxygen atoms in total. The van der Waals surface area contributed by atoms with Crippen molar-refractivity contribution in [2.75, 3.05) is 4.90 Å². The van der Waals surface area contributed by atoms with Gasteiger partial charge < -0.3 is 4.90 Å². The Balaban J connectivity index is 1.33. The molecule has 1 heteroatoms. The van der Waals surface area contributed by atoms with Crippen molar-refractivity contribution in [2.45, 2.75) is 5.41 Å². The van der Waals surface area contributed by atoms with Gasteiger partial charge in [-0.1, -0.05) is 170 Å². The lowest BCUT2D eigenvalue weighted by Crippen LogP contribution is -2.29. The van der Waals surface area contributed by atoms with E-state index in [0.29, 0.717) is 0 Å². The van der Waals surface area contributed by atoms with E-state index in [1.54, 1.807) is 0 Å². The number of rotatable bonds is 6. The zero-order valence-corrected chi connectivity index (χ0v) is 26.5. The molecule has 0 unspecified atom stereocenters. The number of hydrogen-bond acceptors (Lipinski definition) is 1. The normalized spacial score (nSPS) is 12.8. The van der Waals surface area contributed by atoms with Crippen molar-refractivity contribution in [3.05, 3.63) is 222 Å². The minimum atomic E-state index is -0.466. The summed E-state index contributed by atoms with van der Waals surface area (Å²) in [5.41, 5.74) is 13.2. The smallest absolute Gasteiger partial charge is 0.0719 e. The Labute approximate surface area is 282 Å². The summed E-state index contributed by atoms with van der Waals surface area (Å²) in [6, 6.07) is 72.9. The highest BCUT2D eigenvalue weighted by Gasteiger charge is 2.46. The van der Waals surface area contributed by atoms with Crippen LogP contribution in [0.5, 0.6) is 0 Å². The lowest BCUT2D eigenvalue weighted by atomic mass is 9.66. The highest BCUT2D eigenvalue weighted by Crippen LogP contribution is 2.57. The second-order valence-corrected chi connectivity index (χ2v) is 12.4. The van der Waals surface area contributed by atoms with Gasteiger partial charge in [0.1, 0.15) is 0 Å². The standard InChI is InChI=1S/C47H33N/c1-4-18-34(19-5-1)47(43-29-15-12-26-40(43)41-27-13-16-30-44(41)47)45-33-32-38(37-24-10-11-25-39(37)45)42-28-14-17-31-46(42)48(35-20-6-2-7-21-35)36-22-8-3-9-23-36/h1-33H. The van der Waals surface area contributed by atoms with Gasteiger partial charge in [0.15, 0.2) is 0 Å². The second kappa shape index (κ2) is 11.6. The molecule has 8 aromatic rings. The highest BCUT2D eigenvalue weighted by molar-refractivity contribution is 6.04. The van der Waals surface area contributed by atoms with Crippen LogP contribution in [-0.2, 0) is 5.41 Å². The molecule has 0 saturated heterocycles. The monoisotopic (exact) mass is 611 g/mol. The first-order valence-electron chi connectivity index (χ1n) is 16.6. The van der Waals surface area contributed by atoms with E-state index in [0.717, 1.165) is 17.1 Å². The summed E-state index contributed by atoms with van der Waals surface area (Å²) in [7, 11) is 0. The number of nitrogens with zero attached hydrogens (tertiary/aromatic N) is 1. The average Bonchev–Trinajstić information content (AvgIpc) is 3.47. The summed E-state index contributed by atoms with van der Waals surface area (Å²) in [6.45, 7) is 0. The fraction of sp³-hybridized carbons (Fsp3) is 0.0213. The van der Waals surface area contributed by atoms with Crippen molar-refractivity contribution in [1.82, 2.24) is 0 Å². The molecule has 0 saturated carbocycles. The van der Waals surface area contributed by atoms with Crippen LogP contribution in [0.3, 0.4) is 0 Å². The molecular formula is C47H33N. The summed E-state index contributed by atoms with van der Waals surface area (Å²) in [6.07, 6.45) is 0. The Hall–Kier alpha value is -6.18. The molecule has 0 aromatic heterocycles. The zero-order chi connectivity index (χ0) is 31.9. The summed E-state index contributed by atoms with van der Waals surface area (Å²) in [5.74, 6) is 0. The molecule has 1 aliphatic carbocycles.